The van der Waals surface area contributed by atoms with Crippen molar-refractivity contribution in [3.05, 3.63) is 54.6 Å². The number of amides is 1. The predicted molar refractivity (Wildman–Crippen MR) is 89.7 cm³/mol. The quantitative estimate of drug-likeness (QED) is 0.764. The summed E-state index contributed by atoms with van der Waals surface area (Å²) in [5, 5.41) is 0. The highest BCUT2D eigenvalue weighted by molar-refractivity contribution is 5.76. The van der Waals surface area contributed by atoms with Gasteiger partial charge in [-0.2, -0.15) is 0 Å². The molecule has 128 valence electrons. The van der Waals surface area contributed by atoms with Crippen molar-refractivity contribution < 1.29 is 14.3 Å². The van der Waals surface area contributed by atoms with Crippen molar-refractivity contribution in [1.29, 1.82) is 0 Å². The van der Waals surface area contributed by atoms with E-state index in [1.165, 1.54) is 16.5 Å². The van der Waals surface area contributed by atoms with E-state index in [-0.39, 0.29) is 12.1 Å². The third kappa shape index (κ3) is 4.66. The lowest BCUT2D eigenvalue weighted by atomic mass is 10.1. The molecule has 0 bridgehead atoms. The molecule has 0 spiro atoms. The molecule has 2 aromatic rings. The van der Waals surface area contributed by atoms with E-state index in [0.717, 1.165) is 12.8 Å². The number of nitrogens with zero attached hydrogens (tertiary/aromatic N) is 3. The highest BCUT2D eigenvalue weighted by atomic mass is 16.5. The minimum atomic E-state index is -0.0165. The van der Waals surface area contributed by atoms with E-state index < -0.39 is 0 Å². The summed E-state index contributed by atoms with van der Waals surface area (Å²) in [5.41, 5.74) is 1.17. The van der Waals surface area contributed by atoms with Crippen LogP contribution in [0.1, 0.15) is 18.4 Å². The summed E-state index contributed by atoms with van der Waals surface area (Å²) in [4.78, 5) is 17.9. The van der Waals surface area contributed by atoms with Crippen molar-refractivity contribution >= 4 is 6.03 Å². The maximum absolute atomic E-state index is 12.2. The summed E-state index contributed by atoms with van der Waals surface area (Å²) in [6.07, 6.45) is 6.75. The lowest BCUT2D eigenvalue weighted by Crippen LogP contribution is -2.42. The van der Waals surface area contributed by atoms with Crippen molar-refractivity contribution in [2.24, 2.45) is 0 Å². The Labute approximate surface area is 142 Å². The number of likely N-dealkylation sites (tertiary alicyclic amines) is 1. The van der Waals surface area contributed by atoms with E-state index in [0.29, 0.717) is 32.9 Å². The van der Waals surface area contributed by atoms with Crippen LogP contribution in [0.2, 0.25) is 0 Å². The number of aromatic nitrogens is 2. The Balaban J connectivity index is 1.29. The van der Waals surface area contributed by atoms with E-state index in [2.05, 4.69) is 4.98 Å². The molecule has 1 aromatic carbocycles. The Morgan fingerprint density at radius 2 is 1.96 bits per heavy atom. The number of rotatable bonds is 6. The molecule has 6 nitrogen and oxygen atoms in total. The smallest absolute Gasteiger partial charge is 0.329 e. The number of carbonyl (C=O) groups is 1. The standard InChI is InChI=1S/C18H23N3O3/c22-18(21-11-8-19-15-21)20-9-6-17(7-10-20)24-13-12-23-14-16-4-2-1-3-5-16/h1-5,8,11,15,17H,6-7,9-10,12-14H2. The zero-order valence-corrected chi connectivity index (χ0v) is 13.7. The van der Waals surface area contributed by atoms with Gasteiger partial charge in [0.05, 0.1) is 25.9 Å². The predicted octanol–water partition coefficient (Wildman–Crippen LogP) is 2.55. The lowest BCUT2D eigenvalue weighted by Gasteiger charge is -2.31. The second-order valence-corrected chi connectivity index (χ2v) is 5.85. The molecular formula is C18H23N3O3. The fourth-order valence-electron chi connectivity index (χ4n) is 2.79. The fraction of sp³-hybridized carbons (Fsp3) is 0.444. The maximum atomic E-state index is 12.2. The first-order valence-electron chi connectivity index (χ1n) is 8.33. The van der Waals surface area contributed by atoms with Crippen LogP contribution in [-0.4, -0.2) is 52.9 Å². The SMILES string of the molecule is O=C(N1CCC(OCCOCc2ccccc2)CC1)n1ccnc1. The third-order valence-electron chi connectivity index (χ3n) is 4.13. The van der Waals surface area contributed by atoms with Gasteiger partial charge in [-0.3, -0.25) is 4.57 Å². The van der Waals surface area contributed by atoms with Crippen molar-refractivity contribution in [1.82, 2.24) is 14.5 Å². The highest BCUT2D eigenvalue weighted by Gasteiger charge is 2.23. The first-order valence-corrected chi connectivity index (χ1v) is 8.33. The molecule has 1 saturated heterocycles. The summed E-state index contributed by atoms with van der Waals surface area (Å²) in [5.74, 6) is 0. The van der Waals surface area contributed by atoms with Gasteiger partial charge in [0.25, 0.3) is 0 Å². The van der Waals surface area contributed by atoms with Crippen molar-refractivity contribution in [2.75, 3.05) is 26.3 Å². The van der Waals surface area contributed by atoms with Gasteiger partial charge in [0.2, 0.25) is 0 Å². The van der Waals surface area contributed by atoms with Gasteiger partial charge in [0.15, 0.2) is 0 Å². The van der Waals surface area contributed by atoms with E-state index in [9.17, 15) is 4.79 Å². The van der Waals surface area contributed by atoms with Crippen LogP contribution < -0.4 is 0 Å². The molecule has 0 saturated carbocycles. The molecule has 0 atom stereocenters. The topological polar surface area (TPSA) is 56.6 Å². The van der Waals surface area contributed by atoms with E-state index >= 15 is 0 Å². The Bertz CT molecular complexity index is 608. The summed E-state index contributed by atoms with van der Waals surface area (Å²) in [7, 11) is 0. The number of hydrogen-bond donors (Lipinski definition) is 0. The Morgan fingerprint density at radius 1 is 1.17 bits per heavy atom. The molecule has 1 fully saturated rings. The first kappa shape index (κ1) is 16.7. The zero-order chi connectivity index (χ0) is 16.6. The first-order chi connectivity index (χ1) is 11.8. The summed E-state index contributed by atoms with van der Waals surface area (Å²) >= 11 is 0. The van der Waals surface area contributed by atoms with Crippen molar-refractivity contribution in [2.45, 2.75) is 25.6 Å². The van der Waals surface area contributed by atoms with Gasteiger partial charge < -0.3 is 14.4 Å². The van der Waals surface area contributed by atoms with E-state index in [1.54, 1.807) is 12.4 Å². The van der Waals surface area contributed by atoms with Gasteiger partial charge in [0, 0.05) is 25.5 Å². The van der Waals surface area contributed by atoms with E-state index in [4.69, 9.17) is 9.47 Å². The van der Waals surface area contributed by atoms with Crippen LogP contribution in [0.15, 0.2) is 49.1 Å². The van der Waals surface area contributed by atoms with Crippen LogP contribution in [0, 0.1) is 0 Å². The number of hydrogen-bond acceptors (Lipinski definition) is 4. The van der Waals surface area contributed by atoms with Crippen LogP contribution in [-0.2, 0) is 16.1 Å². The van der Waals surface area contributed by atoms with Gasteiger partial charge in [0.1, 0.15) is 6.33 Å². The number of carbonyl (C=O) groups excluding carboxylic acids is 1. The summed E-state index contributed by atoms with van der Waals surface area (Å²) < 4.78 is 13.0. The summed E-state index contributed by atoms with van der Waals surface area (Å²) in [6, 6.07) is 10.1. The minimum Gasteiger partial charge on any atom is -0.376 e. The Kier molecular flexibility index (Phi) is 5.98. The molecule has 0 unspecified atom stereocenters. The van der Waals surface area contributed by atoms with Gasteiger partial charge in [-0.15, -0.1) is 0 Å². The molecule has 2 heterocycles. The van der Waals surface area contributed by atoms with Gasteiger partial charge in [-0.1, -0.05) is 30.3 Å². The molecule has 3 rings (SSSR count). The van der Waals surface area contributed by atoms with Crippen LogP contribution in [0.5, 0.6) is 0 Å². The van der Waals surface area contributed by atoms with Gasteiger partial charge in [-0.05, 0) is 18.4 Å². The van der Waals surface area contributed by atoms with Crippen molar-refractivity contribution in [3.63, 3.8) is 0 Å². The molecule has 1 amide bonds. The van der Waals surface area contributed by atoms with Crippen LogP contribution in [0.4, 0.5) is 4.79 Å². The Hall–Kier alpha value is -2.18. The lowest BCUT2D eigenvalue weighted by molar-refractivity contribution is -0.0207. The highest BCUT2D eigenvalue weighted by Crippen LogP contribution is 2.14. The molecule has 0 radical (unpaired) electrons. The monoisotopic (exact) mass is 329 g/mol. The molecule has 1 aliphatic heterocycles. The normalized spacial score (nSPS) is 15.6. The molecule has 24 heavy (non-hydrogen) atoms. The van der Waals surface area contributed by atoms with Gasteiger partial charge in [-0.25, -0.2) is 9.78 Å². The molecule has 6 heteroatoms. The van der Waals surface area contributed by atoms with Crippen LogP contribution >= 0.6 is 0 Å². The van der Waals surface area contributed by atoms with Crippen LogP contribution in [0.3, 0.4) is 0 Å². The average molecular weight is 329 g/mol. The number of benzene rings is 1. The van der Waals surface area contributed by atoms with Crippen LogP contribution in [0.25, 0.3) is 0 Å². The molecule has 1 aromatic heterocycles. The van der Waals surface area contributed by atoms with E-state index in [1.807, 2.05) is 35.2 Å². The largest absolute Gasteiger partial charge is 0.376 e. The minimum absolute atomic E-state index is 0.0165. The summed E-state index contributed by atoms with van der Waals surface area (Å²) in [6.45, 7) is 3.22. The molecular weight excluding hydrogens is 306 g/mol. The number of ether oxygens (including phenoxy) is 2. The third-order valence-corrected chi connectivity index (χ3v) is 4.13. The maximum Gasteiger partial charge on any atom is 0.329 e. The average Bonchev–Trinajstić information content (AvgIpc) is 3.17. The molecule has 0 aliphatic carbocycles. The van der Waals surface area contributed by atoms with Gasteiger partial charge >= 0.3 is 6.03 Å². The Morgan fingerprint density at radius 3 is 2.67 bits per heavy atom. The zero-order valence-electron chi connectivity index (χ0n) is 13.7. The second-order valence-electron chi connectivity index (χ2n) is 5.85. The number of imidazole rings is 1. The van der Waals surface area contributed by atoms with Crippen molar-refractivity contribution in [3.8, 4) is 0 Å². The number of piperidine rings is 1. The second kappa shape index (κ2) is 8.61. The fourth-order valence-corrected chi connectivity index (χ4v) is 2.79. The molecule has 1 aliphatic rings. The molecule has 0 N–H and O–H groups in total.